The molecule has 3 aromatic rings. The van der Waals surface area contributed by atoms with Gasteiger partial charge in [-0.1, -0.05) is 56.2 Å². The standard InChI is InChI=1S/C31H33F3N4O2/c1-2-27(39)25(16-20-9-10-20)30(40)37-28-19-38(18-21-6-5-15-35-17-21)26-8-4-3-7-24(26)29(36-28)22-11-13-23(14-12-22)31(32,33)34/h3-8,11-15,17,20,25,27-28,39H,2,9-10,16,18-19H2,1H3,(H,37,40). The fourth-order valence-electron chi connectivity index (χ4n) is 5.22. The SMILES string of the molecule is CCC(O)C(CC1CC1)C(=O)NC1CN(Cc2cccnc2)c2ccccc2C(c2ccc(C(F)(F)F)cc2)=N1. The highest BCUT2D eigenvalue weighted by Gasteiger charge is 2.35. The van der Waals surface area contributed by atoms with Crippen LogP contribution in [0, 0.1) is 11.8 Å². The van der Waals surface area contributed by atoms with Gasteiger partial charge < -0.3 is 15.3 Å². The molecule has 0 bridgehead atoms. The number of benzene rings is 2. The molecule has 3 atom stereocenters. The summed E-state index contributed by atoms with van der Waals surface area (Å²) >= 11 is 0. The van der Waals surface area contributed by atoms with Gasteiger partial charge in [0.05, 0.1) is 29.8 Å². The number of pyridine rings is 1. The predicted octanol–water partition coefficient (Wildman–Crippen LogP) is 5.59. The Labute approximate surface area is 232 Å². The van der Waals surface area contributed by atoms with Gasteiger partial charge in [0.15, 0.2) is 0 Å². The second kappa shape index (κ2) is 11.8. The summed E-state index contributed by atoms with van der Waals surface area (Å²) in [6.07, 6.45) is 0.803. The molecule has 1 amide bonds. The van der Waals surface area contributed by atoms with E-state index in [4.69, 9.17) is 4.99 Å². The minimum atomic E-state index is -4.45. The van der Waals surface area contributed by atoms with E-state index in [1.54, 1.807) is 12.4 Å². The third-order valence-corrected chi connectivity index (χ3v) is 7.57. The van der Waals surface area contributed by atoms with Crippen LogP contribution < -0.4 is 10.2 Å². The fraction of sp³-hybridized carbons (Fsp3) is 0.387. The first kappa shape index (κ1) is 27.8. The van der Waals surface area contributed by atoms with Crippen molar-refractivity contribution >= 4 is 17.3 Å². The lowest BCUT2D eigenvalue weighted by molar-refractivity contribution is -0.137. The summed E-state index contributed by atoms with van der Waals surface area (Å²) in [7, 11) is 0. The van der Waals surface area contributed by atoms with Gasteiger partial charge >= 0.3 is 6.18 Å². The molecule has 2 heterocycles. The van der Waals surface area contributed by atoms with Crippen molar-refractivity contribution in [2.75, 3.05) is 11.4 Å². The number of hydrogen-bond donors (Lipinski definition) is 2. The maximum Gasteiger partial charge on any atom is 0.416 e. The number of aromatic nitrogens is 1. The normalized spacial score (nSPS) is 18.8. The highest BCUT2D eigenvalue weighted by atomic mass is 19.4. The third-order valence-electron chi connectivity index (χ3n) is 7.57. The molecule has 1 aliphatic heterocycles. The lowest BCUT2D eigenvalue weighted by atomic mass is 9.93. The Hall–Kier alpha value is -3.72. The summed E-state index contributed by atoms with van der Waals surface area (Å²) in [5.41, 5.74) is 2.85. The fourth-order valence-corrected chi connectivity index (χ4v) is 5.22. The van der Waals surface area contributed by atoms with E-state index in [1.807, 2.05) is 43.3 Å². The van der Waals surface area contributed by atoms with Crippen LogP contribution in [0.15, 0.2) is 78.0 Å². The van der Waals surface area contributed by atoms with Crippen LogP contribution in [0.4, 0.5) is 18.9 Å². The summed E-state index contributed by atoms with van der Waals surface area (Å²) in [4.78, 5) is 24.8. The number of alkyl halides is 3. The van der Waals surface area contributed by atoms with Crippen molar-refractivity contribution in [1.82, 2.24) is 10.3 Å². The van der Waals surface area contributed by atoms with Crippen molar-refractivity contribution in [3.05, 3.63) is 95.3 Å². The number of nitrogens with one attached hydrogen (secondary N) is 1. The predicted molar refractivity (Wildman–Crippen MR) is 148 cm³/mol. The molecule has 6 nitrogen and oxygen atoms in total. The van der Waals surface area contributed by atoms with Gasteiger partial charge in [0.1, 0.15) is 6.17 Å². The average Bonchev–Trinajstić information content (AvgIpc) is 3.79. The van der Waals surface area contributed by atoms with E-state index in [-0.39, 0.29) is 5.91 Å². The molecular weight excluding hydrogens is 517 g/mol. The number of aliphatic hydroxyl groups excluding tert-OH is 1. The molecule has 40 heavy (non-hydrogen) atoms. The van der Waals surface area contributed by atoms with Crippen LogP contribution in [0.5, 0.6) is 0 Å². The molecule has 2 aliphatic rings. The largest absolute Gasteiger partial charge is 0.416 e. The minimum Gasteiger partial charge on any atom is -0.392 e. The highest BCUT2D eigenvalue weighted by Crippen LogP contribution is 2.37. The number of aliphatic imine (C=N–C) groups is 1. The van der Waals surface area contributed by atoms with E-state index in [2.05, 4.69) is 15.2 Å². The lowest BCUT2D eigenvalue weighted by Gasteiger charge is -2.29. The van der Waals surface area contributed by atoms with E-state index in [9.17, 15) is 23.1 Å². The second-order valence-electron chi connectivity index (χ2n) is 10.6. The molecule has 1 aromatic heterocycles. The first-order valence-corrected chi connectivity index (χ1v) is 13.7. The van der Waals surface area contributed by atoms with Crippen LogP contribution in [0.1, 0.15) is 54.9 Å². The molecule has 2 aromatic carbocycles. The monoisotopic (exact) mass is 550 g/mol. The minimum absolute atomic E-state index is 0.256. The molecule has 2 N–H and O–H groups in total. The van der Waals surface area contributed by atoms with Crippen LogP contribution in [0.25, 0.3) is 0 Å². The molecule has 9 heteroatoms. The number of aliphatic hydroxyl groups is 1. The molecule has 0 radical (unpaired) electrons. The van der Waals surface area contributed by atoms with E-state index in [1.165, 1.54) is 12.1 Å². The van der Waals surface area contributed by atoms with E-state index < -0.39 is 29.9 Å². The topological polar surface area (TPSA) is 77.8 Å². The van der Waals surface area contributed by atoms with Gasteiger partial charge in [0.25, 0.3) is 0 Å². The van der Waals surface area contributed by atoms with Gasteiger partial charge in [-0.2, -0.15) is 13.2 Å². The molecule has 0 spiro atoms. The third kappa shape index (κ3) is 6.53. The zero-order valence-electron chi connectivity index (χ0n) is 22.3. The number of para-hydroxylation sites is 1. The zero-order chi connectivity index (χ0) is 28.3. The van der Waals surface area contributed by atoms with Crippen LogP contribution in [-0.4, -0.2) is 40.5 Å². The number of fused-ring (bicyclic) bond motifs is 1. The van der Waals surface area contributed by atoms with Crippen molar-refractivity contribution in [2.24, 2.45) is 16.8 Å². The van der Waals surface area contributed by atoms with Crippen LogP contribution in [0.2, 0.25) is 0 Å². The van der Waals surface area contributed by atoms with Gasteiger partial charge in [-0.25, -0.2) is 0 Å². The van der Waals surface area contributed by atoms with Gasteiger partial charge in [0, 0.05) is 35.8 Å². The summed E-state index contributed by atoms with van der Waals surface area (Å²) in [6, 6.07) is 16.4. The molecule has 5 rings (SSSR count). The Morgan fingerprint density at radius 3 is 2.50 bits per heavy atom. The first-order chi connectivity index (χ1) is 19.2. The van der Waals surface area contributed by atoms with E-state index >= 15 is 0 Å². The molecule has 1 fully saturated rings. The molecule has 0 saturated heterocycles. The quantitative estimate of drug-likeness (QED) is 0.364. The maximum atomic E-state index is 13.5. The van der Waals surface area contributed by atoms with E-state index in [0.717, 1.165) is 41.8 Å². The van der Waals surface area contributed by atoms with Crippen LogP contribution in [-0.2, 0) is 17.5 Å². The zero-order valence-corrected chi connectivity index (χ0v) is 22.3. The number of halogens is 3. The van der Waals surface area contributed by atoms with Crippen molar-refractivity contribution in [1.29, 1.82) is 0 Å². The Morgan fingerprint density at radius 2 is 1.85 bits per heavy atom. The Morgan fingerprint density at radius 1 is 1.10 bits per heavy atom. The van der Waals surface area contributed by atoms with E-state index in [0.29, 0.717) is 43.1 Å². The number of rotatable bonds is 9. The summed E-state index contributed by atoms with van der Waals surface area (Å²) in [5.74, 6) is -0.350. The lowest BCUT2D eigenvalue weighted by Crippen LogP contribution is -2.47. The van der Waals surface area contributed by atoms with Crippen LogP contribution in [0.3, 0.4) is 0 Å². The van der Waals surface area contributed by atoms with Gasteiger partial charge in [0.2, 0.25) is 5.91 Å². The number of carbonyl (C=O) groups is 1. The maximum absolute atomic E-state index is 13.5. The average molecular weight is 551 g/mol. The number of carbonyl (C=O) groups excluding carboxylic acids is 1. The summed E-state index contributed by atoms with van der Waals surface area (Å²) in [5, 5.41) is 13.7. The van der Waals surface area contributed by atoms with Crippen molar-refractivity contribution < 1.29 is 23.1 Å². The second-order valence-corrected chi connectivity index (χ2v) is 10.6. The summed E-state index contributed by atoms with van der Waals surface area (Å²) < 4.78 is 39.9. The van der Waals surface area contributed by atoms with Gasteiger partial charge in [-0.05, 0) is 48.6 Å². The molecule has 1 saturated carbocycles. The number of benzodiazepines with no additional fused rings is 1. The number of anilines is 1. The smallest absolute Gasteiger partial charge is 0.392 e. The van der Waals surface area contributed by atoms with Crippen molar-refractivity contribution in [3.8, 4) is 0 Å². The molecule has 3 unspecified atom stereocenters. The van der Waals surface area contributed by atoms with Gasteiger partial charge in [-0.15, -0.1) is 0 Å². The van der Waals surface area contributed by atoms with Gasteiger partial charge in [-0.3, -0.25) is 14.8 Å². The van der Waals surface area contributed by atoms with Crippen molar-refractivity contribution in [3.63, 3.8) is 0 Å². The Bertz CT molecular complexity index is 1340. The number of nitrogens with zero attached hydrogens (tertiary/aromatic N) is 3. The molecule has 210 valence electrons. The van der Waals surface area contributed by atoms with Crippen LogP contribution >= 0.6 is 0 Å². The first-order valence-electron chi connectivity index (χ1n) is 13.7. The summed E-state index contributed by atoms with van der Waals surface area (Å²) in [6.45, 7) is 2.69. The van der Waals surface area contributed by atoms with Crippen molar-refractivity contribution in [2.45, 2.75) is 57.6 Å². The number of hydrogen-bond acceptors (Lipinski definition) is 5. The molecular formula is C31H33F3N4O2. The Balaban J connectivity index is 1.53. The Kier molecular flexibility index (Phi) is 8.21. The number of amides is 1. The highest BCUT2D eigenvalue weighted by molar-refractivity contribution is 6.16. The molecule has 1 aliphatic carbocycles.